The molecule has 15 heavy (non-hydrogen) atoms. The van der Waals surface area contributed by atoms with Gasteiger partial charge in [-0.2, -0.15) is 0 Å². The van der Waals surface area contributed by atoms with E-state index in [1.807, 2.05) is 31.2 Å². The normalized spacial score (nSPS) is 11.1. The highest BCUT2D eigenvalue weighted by Gasteiger charge is 2.01. The molecule has 0 saturated heterocycles. The second kappa shape index (κ2) is 5.86. The molecule has 0 aliphatic rings. The number of ether oxygens (including phenoxy) is 1. The molecule has 0 fully saturated rings. The molecule has 0 atom stereocenters. The van der Waals surface area contributed by atoms with E-state index in [1.165, 1.54) is 0 Å². The van der Waals surface area contributed by atoms with Crippen LogP contribution in [-0.2, 0) is 0 Å². The van der Waals surface area contributed by atoms with Crippen molar-refractivity contribution in [1.82, 2.24) is 0 Å². The Morgan fingerprint density at radius 3 is 2.60 bits per heavy atom. The van der Waals surface area contributed by atoms with Crippen LogP contribution in [0.2, 0.25) is 0 Å². The lowest BCUT2D eigenvalue weighted by atomic mass is 10.1. The van der Waals surface area contributed by atoms with Gasteiger partial charge in [0, 0.05) is 0 Å². The largest absolute Gasteiger partial charge is 0.490 e. The Morgan fingerprint density at radius 1 is 1.47 bits per heavy atom. The fourth-order valence-electron chi connectivity index (χ4n) is 1.23. The minimum atomic E-state index is 0.494. The molecule has 0 bridgehead atoms. The average molecular weight is 205 g/mol. The number of hydrogen-bond donors (Lipinski definition) is 1. The van der Waals surface area contributed by atoms with Gasteiger partial charge in [0.1, 0.15) is 12.4 Å². The summed E-state index contributed by atoms with van der Waals surface area (Å²) in [5, 5.41) is 12.0. The smallest absolute Gasteiger partial charge is 0.119 e. The Kier molecular flexibility index (Phi) is 4.41. The Bertz CT molecular complexity index is 341. The lowest BCUT2D eigenvalue weighted by molar-refractivity contribution is 0.318. The Hall–Kier alpha value is -1.77. The minimum absolute atomic E-state index is 0.494. The zero-order valence-electron chi connectivity index (χ0n) is 8.81. The van der Waals surface area contributed by atoms with Gasteiger partial charge in [0.2, 0.25) is 0 Å². The first-order valence-corrected chi connectivity index (χ1v) is 4.86. The van der Waals surface area contributed by atoms with Gasteiger partial charge in [-0.15, -0.1) is 0 Å². The van der Waals surface area contributed by atoms with Crippen molar-refractivity contribution in [3.05, 3.63) is 42.5 Å². The molecule has 0 radical (unpaired) electrons. The molecule has 3 heteroatoms. The maximum atomic E-state index is 8.73. The van der Waals surface area contributed by atoms with Crippen LogP contribution in [0.4, 0.5) is 0 Å². The van der Waals surface area contributed by atoms with Crippen molar-refractivity contribution in [2.24, 2.45) is 5.16 Å². The van der Waals surface area contributed by atoms with Crippen LogP contribution in [0.25, 0.3) is 0 Å². The van der Waals surface area contributed by atoms with Gasteiger partial charge in [0.15, 0.2) is 0 Å². The molecule has 0 aromatic heterocycles. The van der Waals surface area contributed by atoms with Crippen LogP contribution < -0.4 is 4.74 Å². The third kappa shape index (κ3) is 3.13. The van der Waals surface area contributed by atoms with Crippen molar-refractivity contribution >= 4 is 5.71 Å². The highest BCUT2D eigenvalue weighted by molar-refractivity contribution is 6.00. The Labute approximate surface area is 89.7 Å². The van der Waals surface area contributed by atoms with E-state index >= 15 is 0 Å². The van der Waals surface area contributed by atoms with Gasteiger partial charge in [-0.3, -0.25) is 0 Å². The number of oxime groups is 1. The zero-order valence-corrected chi connectivity index (χ0v) is 8.81. The predicted molar refractivity (Wildman–Crippen MR) is 60.7 cm³/mol. The van der Waals surface area contributed by atoms with E-state index < -0.39 is 0 Å². The molecular weight excluding hydrogens is 190 g/mol. The van der Waals surface area contributed by atoms with E-state index in [9.17, 15) is 0 Å². The fourth-order valence-corrected chi connectivity index (χ4v) is 1.23. The van der Waals surface area contributed by atoms with Gasteiger partial charge >= 0.3 is 0 Å². The molecule has 0 unspecified atom stereocenters. The van der Waals surface area contributed by atoms with E-state index in [-0.39, 0.29) is 0 Å². The molecule has 1 aromatic carbocycles. The Balaban J connectivity index is 2.75. The average Bonchev–Trinajstić information content (AvgIpc) is 2.29. The maximum Gasteiger partial charge on any atom is 0.119 e. The highest BCUT2D eigenvalue weighted by Crippen LogP contribution is 2.13. The third-order valence-corrected chi connectivity index (χ3v) is 2.01. The summed E-state index contributed by atoms with van der Waals surface area (Å²) in [6, 6.07) is 7.44. The van der Waals surface area contributed by atoms with Crippen molar-refractivity contribution in [2.75, 3.05) is 6.61 Å². The van der Waals surface area contributed by atoms with Gasteiger partial charge in [-0.1, -0.05) is 24.7 Å². The molecule has 0 heterocycles. The van der Waals surface area contributed by atoms with Crippen molar-refractivity contribution in [3.63, 3.8) is 0 Å². The number of benzene rings is 1. The third-order valence-electron chi connectivity index (χ3n) is 2.01. The van der Waals surface area contributed by atoms with Crippen molar-refractivity contribution in [2.45, 2.75) is 13.3 Å². The maximum absolute atomic E-state index is 8.73. The first-order chi connectivity index (χ1) is 7.31. The summed E-state index contributed by atoms with van der Waals surface area (Å²) in [5.41, 5.74) is 1.58. The molecule has 0 amide bonds. The fraction of sp³-hybridized carbons (Fsp3) is 0.250. The Morgan fingerprint density at radius 2 is 2.13 bits per heavy atom. The summed E-state index contributed by atoms with van der Waals surface area (Å²) in [4.78, 5) is 0. The number of nitrogens with zero attached hydrogens (tertiary/aromatic N) is 1. The molecule has 1 N–H and O–H groups in total. The topological polar surface area (TPSA) is 41.8 Å². The monoisotopic (exact) mass is 205 g/mol. The summed E-state index contributed by atoms with van der Waals surface area (Å²) >= 11 is 0. The van der Waals surface area contributed by atoms with Crippen molar-refractivity contribution in [3.8, 4) is 5.75 Å². The molecule has 0 aliphatic heterocycles. The molecule has 0 spiro atoms. The van der Waals surface area contributed by atoms with Crippen LogP contribution in [-0.4, -0.2) is 17.5 Å². The van der Waals surface area contributed by atoms with E-state index in [0.29, 0.717) is 18.7 Å². The lowest BCUT2D eigenvalue weighted by Gasteiger charge is -2.05. The van der Waals surface area contributed by atoms with E-state index in [2.05, 4.69) is 11.7 Å². The van der Waals surface area contributed by atoms with Gasteiger partial charge in [0.25, 0.3) is 0 Å². The standard InChI is InChI=1S/C12H15NO2/c1-3-9-15-11-7-5-10(6-8-11)12(4-2)13-14/h3,5-8,14H,1,4,9H2,2H3/b13-12+. The van der Waals surface area contributed by atoms with Crippen LogP contribution in [0.3, 0.4) is 0 Å². The molecular formula is C12H15NO2. The van der Waals surface area contributed by atoms with E-state index in [1.54, 1.807) is 6.08 Å². The first-order valence-electron chi connectivity index (χ1n) is 4.86. The molecule has 0 aliphatic carbocycles. The van der Waals surface area contributed by atoms with Crippen molar-refractivity contribution < 1.29 is 9.94 Å². The summed E-state index contributed by atoms with van der Waals surface area (Å²) in [7, 11) is 0. The molecule has 1 rings (SSSR count). The van der Waals surface area contributed by atoms with E-state index in [0.717, 1.165) is 11.3 Å². The summed E-state index contributed by atoms with van der Waals surface area (Å²) < 4.78 is 5.34. The highest BCUT2D eigenvalue weighted by atomic mass is 16.5. The lowest BCUT2D eigenvalue weighted by Crippen LogP contribution is -1.99. The van der Waals surface area contributed by atoms with Crippen LogP contribution in [0, 0.1) is 0 Å². The van der Waals surface area contributed by atoms with Crippen LogP contribution in [0.15, 0.2) is 42.1 Å². The second-order valence-electron chi connectivity index (χ2n) is 3.02. The minimum Gasteiger partial charge on any atom is -0.490 e. The quantitative estimate of drug-likeness (QED) is 0.347. The molecule has 3 nitrogen and oxygen atoms in total. The second-order valence-corrected chi connectivity index (χ2v) is 3.02. The number of hydrogen-bond acceptors (Lipinski definition) is 3. The SMILES string of the molecule is C=CCOc1ccc(/C(CC)=N/O)cc1. The van der Waals surface area contributed by atoms with Gasteiger partial charge < -0.3 is 9.94 Å². The summed E-state index contributed by atoms with van der Waals surface area (Å²) in [6.45, 7) is 6.01. The van der Waals surface area contributed by atoms with Crippen LogP contribution >= 0.6 is 0 Å². The first kappa shape index (κ1) is 11.3. The molecule has 1 aromatic rings. The zero-order chi connectivity index (χ0) is 11.1. The number of rotatable bonds is 5. The van der Waals surface area contributed by atoms with Crippen LogP contribution in [0.1, 0.15) is 18.9 Å². The van der Waals surface area contributed by atoms with Gasteiger partial charge in [0.05, 0.1) is 5.71 Å². The predicted octanol–water partition coefficient (Wildman–Crippen LogP) is 2.84. The van der Waals surface area contributed by atoms with Crippen LogP contribution in [0.5, 0.6) is 5.75 Å². The van der Waals surface area contributed by atoms with Gasteiger partial charge in [-0.25, -0.2) is 0 Å². The van der Waals surface area contributed by atoms with Gasteiger partial charge in [-0.05, 0) is 36.2 Å². The molecule has 0 saturated carbocycles. The molecule has 80 valence electrons. The summed E-state index contributed by atoms with van der Waals surface area (Å²) in [6.07, 6.45) is 2.39. The summed E-state index contributed by atoms with van der Waals surface area (Å²) in [5.74, 6) is 0.784. The van der Waals surface area contributed by atoms with Crippen molar-refractivity contribution in [1.29, 1.82) is 0 Å². The van der Waals surface area contributed by atoms with E-state index in [4.69, 9.17) is 9.94 Å².